The molecular formula is C19H21N3O7. The van der Waals surface area contributed by atoms with Gasteiger partial charge < -0.3 is 10.1 Å². The van der Waals surface area contributed by atoms with Gasteiger partial charge in [-0.1, -0.05) is 18.9 Å². The summed E-state index contributed by atoms with van der Waals surface area (Å²) in [6.07, 6.45) is 3.06. The van der Waals surface area contributed by atoms with Gasteiger partial charge >= 0.3 is 5.97 Å². The van der Waals surface area contributed by atoms with Crippen LogP contribution in [0.2, 0.25) is 0 Å². The van der Waals surface area contributed by atoms with Crippen molar-refractivity contribution >= 4 is 35.1 Å². The van der Waals surface area contributed by atoms with Crippen LogP contribution in [-0.4, -0.2) is 46.7 Å². The smallest absolute Gasteiger partial charge is 0.326 e. The molecule has 3 amide bonds. The zero-order valence-corrected chi connectivity index (χ0v) is 15.9. The average molecular weight is 403 g/mol. The molecule has 1 saturated heterocycles. The lowest BCUT2D eigenvalue weighted by Crippen LogP contribution is -2.37. The second-order valence-electron chi connectivity index (χ2n) is 7.23. The fraction of sp³-hybridized carbons (Fsp3) is 0.474. The average Bonchev–Trinajstić information content (AvgIpc) is 2.93. The summed E-state index contributed by atoms with van der Waals surface area (Å²) in [5, 5.41) is 13.4. The van der Waals surface area contributed by atoms with Crippen LogP contribution in [0.4, 0.5) is 11.4 Å². The molecule has 10 heteroatoms. The molecule has 1 aliphatic carbocycles. The first kappa shape index (κ1) is 20.4. The van der Waals surface area contributed by atoms with Crippen LogP contribution < -0.4 is 5.32 Å². The van der Waals surface area contributed by atoms with Gasteiger partial charge in [-0.15, -0.1) is 0 Å². The molecule has 154 valence electrons. The molecule has 2 fully saturated rings. The number of nitrogens with zero attached hydrogens (tertiary/aromatic N) is 2. The first-order chi connectivity index (χ1) is 13.8. The van der Waals surface area contributed by atoms with E-state index in [1.807, 2.05) is 0 Å². The minimum absolute atomic E-state index is 0.146. The number of aryl methyl sites for hydroxylation is 1. The highest BCUT2D eigenvalue weighted by molar-refractivity contribution is 6.07. The van der Waals surface area contributed by atoms with E-state index in [4.69, 9.17) is 4.74 Å². The van der Waals surface area contributed by atoms with E-state index in [1.54, 1.807) is 6.92 Å². The van der Waals surface area contributed by atoms with Gasteiger partial charge in [0.2, 0.25) is 11.8 Å². The Hall–Kier alpha value is -3.30. The van der Waals surface area contributed by atoms with Gasteiger partial charge in [-0.3, -0.25) is 34.2 Å². The maximum absolute atomic E-state index is 12.3. The third-order valence-corrected chi connectivity index (χ3v) is 5.27. The fourth-order valence-electron chi connectivity index (χ4n) is 3.79. The van der Waals surface area contributed by atoms with Crippen molar-refractivity contribution in [2.24, 2.45) is 11.8 Å². The van der Waals surface area contributed by atoms with Crippen molar-refractivity contribution in [2.75, 3.05) is 18.5 Å². The van der Waals surface area contributed by atoms with Crippen LogP contribution in [0.25, 0.3) is 0 Å². The topological polar surface area (TPSA) is 136 Å². The normalized spacial score (nSPS) is 20.9. The number of likely N-dealkylation sites (tertiary alicyclic amines) is 1. The SMILES string of the molecule is Cc1ccc(NC(=O)COC(=O)CN2C(=O)[C@H]3CCCC[C@@H]3C2=O)cc1[N+](=O)[O-]. The number of benzene rings is 1. The van der Waals surface area contributed by atoms with Gasteiger partial charge in [0.1, 0.15) is 6.54 Å². The van der Waals surface area contributed by atoms with E-state index >= 15 is 0 Å². The van der Waals surface area contributed by atoms with E-state index in [1.165, 1.54) is 18.2 Å². The van der Waals surface area contributed by atoms with Crippen LogP contribution in [0.3, 0.4) is 0 Å². The van der Waals surface area contributed by atoms with E-state index in [9.17, 15) is 29.3 Å². The molecule has 0 radical (unpaired) electrons. The van der Waals surface area contributed by atoms with Crippen molar-refractivity contribution in [1.29, 1.82) is 0 Å². The van der Waals surface area contributed by atoms with Gasteiger partial charge in [-0.05, 0) is 25.8 Å². The lowest BCUT2D eigenvalue weighted by molar-refractivity contribution is -0.385. The molecule has 1 aromatic carbocycles. The Morgan fingerprint density at radius 3 is 2.41 bits per heavy atom. The van der Waals surface area contributed by atoms with E-state index in [2.05, 4.69) is 5.32 Å². The Kier molecular flexibility index (Phi) is 5.90. The molecular weight excluding hydrogens is 382 g/mol. The molecule has 0 bridgehead atoms. The third kappa shape index (κ3) is 4.41. The van der Waals surface area contributed by atoms with Crippen LogP contribution in [0.5, 0.6) is 0 Å². The second-order valence-corrected chi connectivity index (χ2v) is 7.23. The van der Waals surface area contributed by atoms with Crippen LogP contribution in [0.1, 0.15) is 31.2 Å². The van der Waals surface area contributed by atoms with E-state index in [0.29, 0.717) is 18.4 Å². The predicted octanol–water partition coefficient (Wildman–Crippen LogP) is 1.56. The zero-order chi connectivity index (χ0) is 21.1. The molecule has 0 unspecified atom stereocenters. The molecule has 2 atom stereocenters. The molecule has 1 N–H and O–H groups in total. The monoisotopic (exact) mass is 403 g/mol. The number of esters is 1. The summed E-state index contributed by atoms with van der Waals surface area (Å²) in [7, 11) is 0. The third-order valence-electron chi connectivity index (χ3n) is 5.27. The van der Waals surface area contributed by atoms with Gasteiger partial charge in [0, 0.05) is 17.3 Å². The van der Waals surface area contributed by atoms with Gasteiger partial charge in [-0.25, -0.2) is 0 Å². The molecule has 3 rings (SSSR count). The summed E-state index contributed by atoms with van der Waals surface area (Å²) in [5.41, 5.74) is 0.490. The summed E-state index contributed by atoms with van der Waals surface area (Å²) >= 11 is 0. The highest BCUT2D eigenvalue weighted by Gasteiger charge is 2.48. The Labute approximate surface area is 166 Å². The maximum Gasteiger partial charge on any atom is 0.326 e. The summed E-state index contributed by atoms with van der Waals surface area (Å²) in [6, 6.07) is 4.19. The number of hydrogen-bond donors (Lipinski definition) is 1. The number of hydrogen-bond acceptors (Lipinski definition) is 7. The van der Waals surface area contributed by atoms with Gasteiger partial charge in [-0.2, -0.15) is 0 Å². The van der Waals surface area contributed by atoms with Crippen molar-refractivity contribution in [3.05, 3.63) is 33.9 Å². The van der Waals surface area contributed by atoms with Crippen LogP contribution in [-0.2, 0) is 23.9 Å². The van der Waals surface area contributed by atoms with Gasteiger partial charge in [0.15, 0.2) is 6.61 Å². The number of rotatable bonds is 6. The van der Waals surface area contributed by atoms with E-state index < -0.39 is 30.0 Å². The summed E-state index contributed by atoms with van der Waals surface area (Å²) in [5.74, 6) is -2.98. The highest BCUT2D eigenvalue weighted by Crippen LogP contribution is 2.37. The number of nitrogens with one attached hydrogen (secondary N) is 1. The minimum Gasteiger partial charge on any atom is -0.454 e. The minimum atomic E-state index is -0.865. The Bertz CT molecular complexity index is 859. The Morgan fingerprint density at radius 1 is 1.21 bits per heavy atom. The zero-order valence-electron chi connectivity index (χ0n) is 15.9. The fourth-order valence-corrected chi connectivity index (χ4v) is 3.79. The first-order valence-corrected chi connectivity index (χ1v) is 9.33. The molecule has 29 heavy (non-hydrogen) atoms. The number of fused-ring (bicyclic) bond motifs is 1. The number of ether oxygens (including phenoxy) is 1. The summed E-state index contributed by atoms with van der Waals surface area (Å²) in [6.45, 7) is 0.417. The summed E-state index contributed by atoms with van der Waals surface area (Å²) < 4.78 is 4.86. The van der Waals surface area contributed by atoms with Gasteiger partial charge in [0.25, 0.3) is 11.6 Å². The van der Waals surface area contributed by atoms with Crippen LogP contribution in [0, 0.1) is 28.9 Å². The number of nitro benzene ring substituents is 1. The standard InChI is InChI=1S/C19H21N3O7/c1-11-6-7-12(8-15(11)22(27)28)20-16(23)10-29-17(24)9-21-18(25)13-4-2-3-5-14(13)19(21)26/h6-8,13-14H,2-5,9-10H2,1H3,(H,20,23)/t13-,14-/m0/s1. The van der Waals surface area contributed by atoms with Crippen LogP contribution in [0.15, 0.2) is 18.2 Å². The molecule has 1 saturated carbocycles. The van der Waals surface area contributed by atoms with Crippen molar-refractivity contribution < 1.29 is 28.8 Å². The van der Waals surface area contributed by atoms with Crippen molar-refractivity contribution in [3.63, 3.8) is 0 Å². The number of carbonyl (C=O) groups excluding carboxylic acids is 4. The quantitative estimate of drug-likeness (QED) is 0.329. The largest absolute Gasteiger partial charge is 0.454 e. The molecule has 1 heterocycles. The molecule has 2 aliphatic rings. The first-order valence-electron chi connectivity index (χ1n) is 9.33. The van der Waals surface area contributed by atoms with Crippen molar-refractivity contribution in [2.45, 2.75) is 32.6 Å². The number of carbonyl (C=O) groups is 4. The highest BCUT2D eigenvalue weighted by atomic mass is 16.6. The number of nitro groups is 1. The second kappa shape index (κ2) is 8.38. The maximum atomic E-state index is 12.3. The van der Waals surface area contributed by atoms with E-state index in [-0.39, 0.29) is 35.0 Å². The van der Waals surface area contributed by atoms with E-state index in [0.717, 1.165) is 17.7 Å². The number of anilines is 1. The lowest BCUT2D eigenvalue weighted by Gasteiger charge is -2.19. The molecule has 0 aromatic heterocycles. The van der Waals surface area contributed by atoms with Crippen molar-refractivity contribution in [3.8, 4) is 0 Å². The summed E-state index contributed by atoms with van der Waals surface area (Å²) in [4.78, 5) is 59.9. The lowest BCUT2D eigenvalue weighted by atomic mass is 9.81. The molecule has 1 aliphatic heterocycles. The van der Waals surface area contributed by atoms with Gasteiger partial charge in [0.05, 0.1) is 16.8 Å². The molecule has 1 aromatic rings. The Morgan fingerprint density at radius 2 is 1.83 bits per heavy atom. The van der Waals surface area contributed by atoms with Crippen molar-refractivity contribution in [1.82, 2.24) is 4.90 Å². The predicted molar refractivity (Wildman–Crippen MR) is 99.6 cm³/mol. The Balaban J connectivity index is 1.51. The molecule has 0 spiro atoms. The molecule has 10 nitrogen and oxygen atoms in total. The number of imide groups is 1. The number of amides is 3. The van der Waals surface area contributed by atoms with Crippen LogP contribution >= 0.6 is 0 Å².